The number of furan rings is 1. The summed E-state index contributed by atoms with van der Waals surface area (Å²) in [4.78, 5) is 14.4. The molecule has 0 saturated carbocycles. The number of ether oxygens (including phenoxy) is 1. The average Bonchev–Trinajstić information content (AvgIpc) is 3.19. The van der Waals surface area contributed by atoms with Gasteiger partial charge in [0.15, 0.2) is 5.76 Å². The summed E-state index contributed by atoms with van der Waals surface area (Å²) in [5.41, 5.74) is 2.68. The van der Waals surface area contributed by atoms with Gasteiger partial charge in [-0.1, -0.05) is 29.8 Å². The summed E-state index contributed by atoms with van der Waals surface area (Å²) >= 11 is 0. The van der Waals surface area contributed by atoms with Gasteiger partial charge in [-0.15, -0.1) is 0 Å². The molecule has 4 rings (SSSR count). The van der Waals surface area contributed by atoms with Crippen molar-refractivity contribution >= 4 is 5.91 Å². The minimum atomic E-state index is -0.0481. The molecule has 2 fully saturated rings. The number of benzene rings is 1. The van der Waals surface area contributed by atoms with Crippen LogP contribution in [0.15, 0.2) is 47.1 Å². The quantitative estimate of drug-likeness (QED) is 0.829. The van der Waals surface area contributed by atoms with Crippen LogP contribution in [0.5, 0.6) is 0 Å². The molecule has 1 atom stereocenters. The number of carbonyl (C=O) groups is 1. The van der Waals surface area contributed by atoms with Crippen LogP contribution < -0.4 is 0 Å². The predicted octanol–water partition coefficient (Wildman–Crippen LogP) is 4.23. The molecule has 3 heterocycles. The maximum atomic E-state index is 12.5. The SMILES string of the molecule is Cc1ccc(CC2CCOC3(CCN(C(=O)c4ccco4)CC3)C2)cc1. The van der Waals surface area contributed by atoms with Crippen LogP contribution in [0.1, 0.15) is 47.4 Å². The third-order valence-electron chi connectivity index (χ3n) is 5.93. The van der Waals surface area contributed by atoms with Crippen LogP contribution in [0.25, 0.3) is 0 Å². The maximum absolute atomic E-state index is 12.5. The van der Waals surface area contributed by atoms with E-state index in [1.54, 1.807) is 18.4 Å². The molecule has 26 heavy (non-hydrogen) atoms. The number of hydrogen-bond acceptors (Lipinski definition) is 3. The van der Waals surface area contributed by atoms with E-state index in [0.29, 0.717) is 11.7 Å². The van der Waals surface area contributed by atoms with Crippen molar-refractivity contribution in [2.75, 3.05) is 19.7 Å². The number of amides is 1. The molecule has 0 N–H and O–H groups in total. The molecule has 2 aromatic rings. The number of aryl methyl sites for hydroxylation is 1. The summed E-state index contributed by atoms with van der Waals surface area (Å²) in [7, 11) is 0. The Morgan fingerprint density at radius 3 is 2.65 bits per heavy atom. The third kappa shape index (κ3) is 3.70. The first kappa shape index (κ1) is 17.3. The van der Waals surface area contributed by atoms with Gasteiger partial charge in [0, 0.05) is 19.7 Å². The smallest absolute Gasteiger partial charge is 0.289 e. The lowest BCUT2D eigenvalue weighted by Crippen LogP contribution is -2.51. The molecule has 1 amide bonds. The molecule has 0 aliphatic carbocycles. The van der Waals surface area contributed by atoms with Crippen LogP contribution in [0.3, 0.4) is 0 Å². The second-order valence-corrected chi connectivity index (χ2v) is 7.85. The average molecular weight is 353 g/mol. The molecule has 1 aromatic heterocycles. The fourth-order valence-electron chi connectivity index (χ4n) is 4.38. The summed E-state index contributed by atoms with van der Waals surface area (Å²) in [5, 5.41) is 0. The molecule has 2 saturated heterocycles. The Balaban J connectivity index is 1.35. The van der Waals surface area contributed by atoms with Crippen LogP contribution in [-0.4, -0.2) is 36.1 Å². The van der Waals surface area contributed by atoms with E-state index in [4.69, 9.17) is 9.15 Å². The van der Waals surface area contributed by atoms with E-state index < -0.39 is 0 Å². The highest BCUT2D eigenvalue weighted by Gasteiger charge is 2.41. The Labute approximate surface area is 155 Å². The van der Waals surface area contributed by atoms with Gasteiger partial charge in [0.05, 0.1) is 11.9 Å². The van der Waals surface area contributed by atoms with Gasteiger partial charge in [0.25, 0.3) is 5.91 Å². The van der Waals surface area contributed by atoms with Gasteiger partial charge in [-0.3, -0.25) is 4.79 Å². The van der Waals surface area contributed by atoms with Crippen LogP contribution in [0.4, 0.5) is 0 Å². The highest BCUT2D eigenvalue weighted by Crippen LogP contribution is 2.39. The molecule has 2 aliphatic heterocycles. The van der Waals surface area contributed by atoms with Crippen LogP contribution in [0.2, 0.25) is 0 Å². The van der Waals surface area contributed by atoms with Gasteiger partial charge in [0.1, 0.15) is 0 Å². The van der Waals surface area contributed by atoms with E-state index in [9.17, 15) is 4.79 Å². The summed E-state index contributed by atoms with van der Waals surface area (Å²) in [6.07, 6.45) is 6.75. The van der Waals surface area contributed by atoms with Gasteiger partial charge in [-0.05, 0) is 62.6 Å². The number of hydrogen-bond donors (Lipinski definition) is 0. The minimum absolute atomic E-state index is 0.00290. The van der Waals surface area contributed by atoms with E-state index in [0.717, 1.165) is 51.8 Å². The molecular weight excluding hydrogens is 326 g/mol. The lowest BCUT2D eigenvalue weighted by atomic mass is 9.77. The molecule has 0 bridgehead atoms. The topological polar surface area (TPSA) is 42.7 Å². The van der Waals surface area contributed by atoms with Crippen molar-refractivity contribution < 1.29 is 13.9 Å². The van der Waals surface area contributed by atoms with Crippen molar-refractivity contribution in [3.8, 4) is 0 Å². The normalized spacial score (nSPS) is 22.5. The number of piperidine rings is 1. The summed E-state index contributed by atoms with van der Waals surface area (Å²) in [5.74, 6) is 1.10. The first-order valence-corrected chi connectivity index (χ1v) is 9.66. The standard InChI is InChI=1S/C22H27NO3/c1-17-4-6-18(7-5-17)15-19-8-14-26-22(16-19)9-11-23(12-10-22)21(24)20-3-2-13-25-20/h2-7,13,19H,8-12,14-16H2,1H3. The number of nitrogens with zero attached hydrogens (tertiary/aromatic N) is 1. The van der Waals surface area contributed by atoms with Gasteiger partial charge in [-0.25, -0.2) is 0 Å². The first-order valence-electron chi connectivity index (χ1n) is 9.66. The van der Waals surface area contributed by atoms with Crippen LogP contribution >= 0.6 is 0 Å². The van der Waals surface area contributed by atoms with E-state index in [2.05, 4.69) is 31.2 Å². The zero-order valence-electron chi connectivity index (χ0n) is 15.4. The molecule has 4 nitrogen and oxygen atoms in total. The summed E-state index contributed by atoms with van der Waals surface area (Å²) in [6.45, 7) is 4.46. The fourth-order valence-corrected chi connectivity index (χ4v) is 4.38. The molecule has 1 spiro atoms. The van der Waals surface area contributed by atoms with Crippen molar-refractivity contribution in [1.82, 2.24) is 4.90 Å². The number of likely N-dealkylation sites (tertiary alicyclic amines) is 1. The molecule has 0 radical (unpaired) electrons. The number of carbonyl (C=O) groups excluding carboxylic acids is 1. The van der Waals surface area contributed by atoms with Crippen molar-refractivity contribution in [3.63, 3.8) is 0 Å². The highest BCUT2D eigenvalue weighted by molar-refractivity contribution is 5.91. The van der Waals surface area contributed by atoms with E-state index in [-0.39, 0.29) is 11.5 Å². The Hall–Kier alpha value is -2.07. The van der Waals surface area contributed by atoms with E-state index in [1.807, 2.05) is 4.90 Å². The van der Waals surface area contributed by atoms with Crippen molar-refractivity contribution in [2.24, 2.45) is 5.92 Å². The highest BCUT2D eigenvalue weighted by atomic mass is 16.5. The Bertz CT molecular complexity index is 727. The summed E-state index contributed by atoms with van der Waals surface area (Å²) < 4.78 is 11.5. The van der Waals surface area contributed by atoms with E-state index in [1.165, 1.54) is 11.1 Å². The third-order valence-corrected chi connectivity index (χ3v) is 5.93. The van der Waals surface area contributed by atoms with Crippen molar-refractivity contribution in [2.45, 2.75) is 44.6 Å². The number of rotatable bonds is 3. The zero-order valence-corrected chi connectivity index (χ0v) is 15.4. The van der Waals surface area contributed by atoms with Crippen LogP contribution in [-0.2, 0) is 11.2 Å². The van der Waals surface area contributed by atoms with E-state index >= 15 is 0 Å². The maximum Gasteiger partial charge on any atom is 0.289 e. The molecule has 2 aliphatic rings. The fraction of sp³-hybridized carbons (Fsp3) is 0.500. The second-order valence-electron chi connectivity index (χ2n) is 7.85. The Kier molecular flexibility index (Phi) is 4.86. The van der Waals surface area contributed by atoms with Gasteiger partial charge < -0.3 is 14.1 Å². The lowest BCUT2D eigenvalue weighted by Gasteiger charge is -2.46. The monoisotopic (exact) mass is 353 g/mol. The van der Waals surface area contributed by atoms with Crippen molar-refractivity contribution in [3.05, 3.63) is 59.5 Å². The van der Waals surface area contributed by atoms with Gasteiger partial charge >= 0.3 is 0 Å². The minimum Gasteiger partial charge on any atom is -0.459 e. The molecule has 1 unspecified atom stereocenters. The Morgan fingerprint density at radius 2 is 1.96 bits per heavy atom. The lowest BCUT2D eigenvalue weighted by molar-refractivity contribution is -0.123. The van der Waals surface area contributed by atoms with Gasteiger partial charge in [0.2, 0.25) is 0 Å². The predicted molar refractivity (Wildman–Crippen MR) is 100 cm³/mol. The molecule has 4 heteroatoms. The Morgan fingerprint density at radius 1 is 1.19 bits per heavy atom. The van der Waals surface area contributed by atoms with Crippen LogP contribution in [0, 0.1) is 12.8 Å². The van der Waals surface area contributed by atoms with Gasteiger partial charge in [-0.2, -0.15) is 0 Å². The molecule has 1 aromatic carbocycles. The zero-order chi connectivity index (χ0) is 18.0. The summed E-state index contributed by atoms with van der Waals surface area (Å²) in [6, 6.07) is 12.4. The second kappa shape index (κ2) is 7.28. The first-order chi connectivity index (χ1) is 12.6. The molecule has 138 valence electrons. The van der Waals surface area contributed by atoms with Crippen molar-refractivity contribution in [1.29, 1.82) is 0 Å². The largest absolute Gasteiger partial charge is 0.459 e. The molecular formula is C22H27NO3.